The molecule has 0 fully saturated rings. The highest BCUT2D eigenvalue weighted by Crippen LogP contribution is 2.39. The number of aryl methyl sites for hydroxylation is 1. The number of phenols is 2. The summed E-state index contributed by atoms with van der Waals surface area (Å²) in [5.41, 5.74) is 5.47. The Kier molecular flexibility index (Phi) is 6.12. The Morgan fingerprint density at radius 3 is 2.34 bits per heavy atom. The van der Waals surface area contributed by atoms with Crippen molar-refractivity contribution in [2.45, 2.75) is 47.0 Å². The molecule has 152 valence electrons. The molecule has 0 spiro atoms. The van der Waals surface area contributed by atoms with E-state index in [0.717, 1.165) is 24.0 Å². The van der Waals surface area contributed by atoms with Gasteiger partial charge in [0.05, 0.1) is 11.1 Å². The number of allylic oxidation sites excluding steroid dienone is 3. The maximum atomic E-state index is 12.8. The fourth-order valence-corrected chi connectivity index (χ4v) is 3.69. The first-order valence-corrected chi connectivity index (χ1v) is 9.91. The van der Waals surface area contributed by atoms with Gasteiger partial charge in [0.1, 0.15) is 23.9 Å². The molecule has 0 aliphatic heterocycles. The Hall–Kier alpha value is -3.01. The molecule has 3 rings (SSSR count). The second-order valence-corrected chi connectivity index (χ2v) is 7.98. The molecule has 0 amide bonds. The molecular formula is C25H28O4. The second kappa shape index (κ2) is 8.56. The molecule has 1 aliphatic carbocycles. The number of phenolic OH excluding ortho intramolecular Hbond substituents is 2. The Morgan fingerprint density at radius 1 is 1.00 bits per heavy atom. The van der Waals surface area contributed by atoms with Gasteiger partial charge < -0.3 is 14.9 Å². The molecule has 0 bridgehead atoms. The summed E-state index contributed by atoms with van der Waals surface area (Å²) in [6.45, 7) is 8.55. The Bertz CT molecular complexity index is 1010. The van der Waals surface area contributed by atoms with Crippen LogP contribution in [0.3, 0.4) is 0 Å². The molecule has 1 aliphatic rings. The van der Waals surface area contributed by atoms with Gasteiger partial charge in [-0.1, -0.05) is 23.3 Å². The van der Waals surface area contributed by atoms with Gasteiger partial charge in [0.2, 0.25) is 5.78 Å². The van der Waals surface area contributed by atoms with Crippen molar-refractivity contribution in [2.75, 3.05) is 6.61 Å². The molecule has 0 aromatic heterocycles. The van der Waals surface area contributed by atoms with Gasteiger partial charge in [-0.15, -0.1) is 0 Å². The van der Waals surface area contributed by atoms with Crippen LogP contribution in [0.25, 0.3) is 0 Å². The van der Waals surface area contributed by atoms with E-state index in [-0.39, 0.29) is 28.4 Å². The van der Waals surface area contributed by atoms with Crippen molar-refractivity contribution in [3.63, 3.8) is 0 Å². The molecule has 0 unspecified atom stereocenters. The van der Waals surface area contributed by atoms with Gasteiger partial charge in [-0.2, -0.15) is 0 Å². The summed E-state index contributed by atoms with van der Waals surface area (Å²) in [6.07, 6.45) is 6.72. The number of aromatic hydroxyl groups is 2. The molecule has 0 radical (unpaired) electrons. The highest BCUT2D eigenvalue weighted by molar-refractivity contribution is 6.15. The topological polar surface area (TPSA) is 66.8 Å². The lowest BCUT2D eigenvalue weighted by molar-refractivity contribution is 0.102. The average Bonchev–Trinajstić information content (AvgIpc) is 2.60. The van der Waals surface area contributed by atoms with Crippen molar-refractivity contribution >= 4 is 5.78 Å². The van der Waals surface area contributed by atoms with Crippen LogP contribution in [0.4, 0.5) is 0 Å². The maximum Gasteiger partial charge on any atom is 0.201 e. The van der Waals surface area contributed by atoms with Crippen molar-refractivity contribution < 1.29 is 19.7 Å². The van der Waals surface area contributed by atoms with Gasteiger partial charge in [0.25, 0.3) is 0 Å². The van der Waals surface area contributed by atoms with E-state index in [0.29, 0.717) is 24.3 Å². The largest absolute Gasteiger partial charge is 0.507 e. The standard InChI is InChI=1S/C25H28O4/c1-15(2)6-5-7-16(3)8-9-29-20-13-19-12-18-10-17(4)11-21(26)23(18)25(28)24(19)22(27)14-20/h6,8,10-11,13-14,26-27H,5,7,9,12H2,1-4H3. The third kappa shape index (κ3) is 4.70. The van der Waals surface area contributed by atoms with E-state index in [1.165, 1.54) is 17.2 Å². The van der Waals surface area contributed by atoms with Crippen LogP contribution in [-0.4, -0.2) is 22.6 Å². The summed E-state index contributed by atoms with van der Waals surface area (Å²) in [5, 5.41) is 20.7. The van der Waals surface area contributed by atoms with Gasteiger partial charge >= 0.3 is 0 Å². The lowest BCUT2D eigenvalue weighted by Gasteiger charge is -2.21. The Morgan fingerprint density at radius 2 is 1.66 bits per heavy atom. The molecule has 2 aromatic rings. The minimum absolute atomic E-state index is 0.0379. The average molecular weight is 392 g/mol. The lowest BCUT2D eigenvalue weighted by Crippen LogP contribution is -2.16. The minimum atomic E-state index is -0.349. The van der Waals surface area contributed by atoms with E-state index < -0.39 is 0 Å². The number of hydrogen-bond acceptors (Lipinski definition) is 4. The van der Waals surface area contributed by atoms with Gasteiger partial charge in [-0.05, 0) is 81.9 Å². The zero-order chi connectivity index (χ0) is 21.1. The maximum absolute atomic E-state index is 12.8. The lowest BCUT2D eigenvalue weighted by atomic mass is 9.83. The predicted octanol–water partition coefficient (Wildman–Crippen LogP) is 5.61. The summed E-state index contributed by atoms with van der Waals surface area (Å²) in [7, 11) is 0. The molecule has 0 saturated heterocycles. The fourth-order valence-electron chi connectivity index (χ4n) is 3.69. The van der Waals surface area contributed by atoms with E-state index >= 15 is 0 Å². The van der Waals surface area contributed by atoms with Crippen LogP contribution >= 0.6 is 0 Å². The number of ether oxygens (including phenoxy) is 1. The van der Waals surface area contributed by atoms with Crippen LogP contribution in [0.15, 0.2) is 47.6 Å². The predicted molar refractivity (Wildman–Crippen MR) is 115 cm³/mol. The summed E-state index contributed by atoms with van der Waals surface area (Å²) in [6, 6.07) is 6.75. The number of benzene rings is 2. The van der Waals surface area contributed by atoms with Gasteiger partial charge in [0.15, 0.2) is 0 Å². The smallest absolute Gasteiger partial charge is 0.201 e. The van der Waals surface area contributed by atoms with Gasteiger partial charge in [-0.25, -0.2) is 0 Å². The van der Waals surface area contributed by atoms with Crippen LogP contribution in [0, 0.1) is 6.92 Å². The number of fused-ring (bicyclic) bond motifs is 2. The number of rotatable bonds is 6. The molecule has 0 atom stereocenters. The number of ketones is 1. The molecule has 4 nitrogen and oxygen atoms in total. The quantitative estimate of drug-likeness (QED) is 0.535. The summed E-state index contributed by atoms with van der Waals surface area (Å²) < 4.78 is 5.81. The molecule has 29 heavy (non-hydrogen) atoms. The Balaban J connectivity index is 1.76. The number of hydrogen-bond donors (Lipinski definition) is 2. The third-order valence-electron chi connectivity index (χ3n) is 5.12. The minimum Gasteiger partial charge on any atom is -0.507 e. The second-order valence-electron chi connectivity index (χ2n) is 7.98. The highest BCUT2D eigenvalue weighted by atomic mass is 16.5. The van der Waals surface area contributed by atoms with Crippen LogP contribution in [-0.2, 0) is 6.42 Å². The van der Waals surface area contributed by atoms with Gasteiger partial charge in [0, 0.05) is 6.07 Å². The van der Waals surface area contributed by atoms with E-state index in [4.69, 9.17) is 4.74 Å². The van der Waals surface area contributed by atoms with E-state index in [9.17, 15) is 15.0 Å². The van der Waals surface area contributed by atoms with E-state index in [1.807, 2.05) is 25.1 Å². The van der Waals surface area contributed by atoms with Crippen molar-refractivity contribution in [2.24, 2.45) is 0 Å². The number of carbonyl (C=O) groups is 1. The molecule has 0 saturated carbocycles. The van der Waals surface area contributed by atoms with Crippen molar-refractivity contribution in [1.82, 2.24) is 0 Å². The zero-order valence-corrected chi connectivity index (χ0v) is 17.5. The number of carbonyl (C=O) groups excluding carboxylic acids is 1. The molecule has 0 heterocycles. The summed E-state index contributed by atoms with van der Waals surface area (Å²) in [4.78, 5) is 12.8. The van der Waals surface area contributed by atoms with E-state index in [1.54, 1.807) is 6.07 Å². The van der Waals surface area contributed by atoms with Crippen molar-refractivity contribution in [1.29, 1.82) is 0 Å². The van der Waals surface area contributed by atoms with Crippen LogP contribution in [0.2, 0.25) is 0 Å². The molecular weight excluding hydrogens is 364 g/mol. The molecule has 2 aromatic carbocycles. The first-order chi connectivity index (χ1) is 13.8. The van der Waals surface area contributed by atoms with Crippen LogP contribution in [0.1, 0.15) is 66.2 Å². The summed E-state index contributed by atoms with van der Waals surface area (Å²) >= 11 is 0. The van der Waals surface area contributed by atoms with Crippen LogP contribution < -0.4 is 4.74 Å². The fraction of sp³-hybridized carbons (Fsp3) is 0.320. The summed E-state index contributed by atoms with van der Waals surface area (Å²) in [5.74, 6) is 0.0296. The monoisotopic (exact) mass is 392 g/mol. The van der Waals surface area contributed by atoms with Gasteiger partial charge in [-0.3, -0.25) is 4.79 Å². The Labute approximate surface area is 172 Å². The van der Waals surface area contributed by atoms with Crippen molar-refractivity contribution in [3.05, 3.63) is 75.4 Å². The highest BCUT2D eigenvalue weighted by Gasteiger charge is 2.29. The molecule has 4 heteroatoms. The third-order valence-corrected chi connectivity index (χ3v) is 5.12. The first kappa shape index (κ1) is 20.7. The molecule has 2 N–H and O–H groups in total. The normalized spacial score (nSPS) is 13.0. The SMILES string of the molecule is CC(C)=CCCC(C)=CCOc1cc(O)c2c(c1)Cc1cc(C)cc(O)c1C2=O. The van der Waals surface area contributed by atoms with E-state index in [2.05, 4.69) is 26.8 Å². The van der Waals surface area contributed by atoms with Crippen LogP contribution in [0.5, 0.6) is 17.2 Å². The van der Waals surface area contributed by atoms with Crippen molar-refractivity contribution in [3.8, 4) is 17.2 Å². The first-order valence-electron chi connectivity index (χ1n) is 9.91. The zero-order valence-electron chi connectivity index (χ0n) is 17.5.